The van der Waals surface area contributed by atoms with Crippen LogP contribution in [0.25, 0.3) is 44.1 Å². The number of likely N-dealkylation sites (tertiary alicyclic amines) is 1. The van der Waals surface area contributed by atoms with Gasteiger partial charge in [-0.25, -0.2) is 34.7 Å². The normalized spacial score (nSPS) is 15.2. The monoisotopic (exact) mass is 816 g/mol. The number of benzene rings is 2. The molecule has 5 N–H and O–H groups in total. The molecule has 10 rings (SSSR count). The Labute approximate surface area is 354 Å². The molecule has 0 saturated carbocycles. The summed E-state index contributed by atoms with van der Waals surface area (Å²) in [4.78, 5) is 48.7. The third-order valence-electron chi connectivity index (χ3n) is 11.4. The van der Waals surface area contributed by atoms with Gasteiger partial charge in [-0.05, 0) is 130 Å². The number of anilines is 2. The van der Waals surface area contributed by atoms with E-state index in [-0.39, 0.29) is 12.0 Å². The molecule has 2 saturated heterocycles. The van der Waals surface area contributed by atoms with Crippen molar-refractivity contribution in [2.75, 3.05) is 36.8 Å². The molecular formula is C47H52N12O2. The van der Waals surface area contributed by atoms with Crippen molar-refractivity contribution in [1.82, 2.24) is 50.1 Å². The van der Waals surface area contributed by atoms with Crippen LogP contribution in [-0.4, -0.2) is 82.6 Å². The Balaban J connectivity index is 0.000000160. The molecule has 0 bridgehead atoms. The van der Waals surface area contributed by atoms with E-state index in [0.29, 0.717) is 43.6 Å². The fraction of sp³-hybridized carbons (Fsp3) is 0.340. The molecule has 2 fully saturated rings. The summed E-state index contributed by atoms with van der Waals surface area (Å²) in [6.45, 7) is 10.5. The van der Waals surface area contributed by atoms with E-state index in [2.05, 4.69) is 95.5 Å². The first-order valence-electron chi connectivity index (χ1n) is 21.2. The maximum Gasteiger partial charge on any atom is 0.410 e. The van der Waals surface area contributed by atoms with Crippen molar-refractivity contribution >= 4 is 61.9 Å². The molecule has 61 heavy (non-hydrogen) atoms. The summed E-state index contributed by atoms with van der Waals surface area (Å²) in [5, 5.41) is 12.6. The molecule has 0 unspecified atom stereocenters. The van der Waals surface area contributed by atoms with Crippen LogP contribution in [0.3, 0.4) is 0 Å². The largest absolute Gasteiger partial charge is 0.444 e. The molecule has 14 nitrogen and oxygen atoms in total. The van der Waals surface area contributed by atoms with E-state index in [4.69, 9.17) is 19.7 Å². The van der Waals surface area contributed by atoms with Crippen LogP contribution in [0.15, 0.2) is 97.6 Å². The predicted molar refractivity (Wildman–Crippen MR) is 241 cm³/mol. The highest BCUT2D eigenvalue weighted by Gasteiger charge is 2.28. The van der Waals surface area contributed by atoms with Gasteiger partial charge in [-0.3, -0.25) is 0 Å². The van der Waals surface area contributed by atoms with E-state index in [1.807, 2.05) is 51.4 Å². The van der Waals surface area contributed by atoms with Crippen LogP contribution in [0.5, 0.6) is 0 Å². The Bertz CT molecular complexity index is 2780. The molecule has 2 aromatic carbocycles. The van der Waals surface area contributed by atoms with Crippen LogP contribution in [0, 0.1) is 0 Å². The number of nitrogens with one attached hydrogen (secondary N) is 5. The van der Waals surface area contributed by atoms with Gasteiger partial charge in [-0.15, -0.1) is 0 Å². The number of nitrogens with zero attached hydrogens (tertiary/aromatic N) is 7. The Kier molecular flexibility index (Phi) is 11.4. The summed E-state index contributed by atoms with van der Waals surface area (Å²) in [5.74, 6) is 2.25. The van der Waals surface area contributed by atoms with E-state index < -0.39 is 5.60 Å². The third kappa shape index (κ3) is 9.70. The molecule has 1 amide bonds. The topological polar surface area (TPSA) is 175 Å². The fourth-order valence-corrected chi connectivity index (χ4v) is 8.05. The van der Waals surface area contributed by atoms with Crippen LogP contribution in [-0.2, 0) is 17.8 Å². The van der Waals surface area contributed by atoms with Crippen LogP contribution in [0.4, 0.5) is 16.4 Å². The first-order chi connectivity index (χ1) is 29.7. The molecule has 2 aliphatic heterocycles. The summed E-state index contributed by atoms with van der Waals surface area (Å²) in [5.41, 5.74) is 9.24. The standard InChI is InChI=1S/C26H30N6O2.C21H22N6/c1-26(2,3)34-25(33)32-12-9-19(10-13-32)20-6-7-21-24(30-20)31-23(16-28-21)29-15-17-4-5-18-8-11-27-22(18)14-17;1-2-15-7-10-23-19(15)11-14(1)12-25-20-13-24-18-4-3-17(26-21(18)27-20)16-5-8-22-9-6-16/h4-8,11,14,16,19,27H,9-10,12-13,15H2,1-3H3,(H,29,30,31);1-4,7,10-11,13,16,22-23H,5-6,8-9,12H2,(H,25,26,27). The highest BCUT2D eigenvalue weighted by atomic mass is 16.6. The predicted octanol–water partition coefficient (Wildman–Crippen LogP) is 8.82. The number of aromatic amines is 2. The number of piperidine rings is 2. The highest BCUT2D eigenvalue weighted by molar-refractivity contribution is 5.81. The van der Waals surface area contributed by atoms with Crippen molar-refractivity contribution in [2.24, 2.45) is 0 Å². The van der Waals surface area contributed by atoms with Crippen molar-refractivity contribution < 1.29 is 9.53 Å². The number of carbonyl (C=O) groups excluding carboxylic acids is 1. The first-order valence-corrected chi connectivity index (χ1v) is 21.2. The van der Waals surface area contributed by atoms with E-state index in [0.717, 1.165) is 89.3 Å². The van der Waals surface area contributed by atoms with Gasteiger partial charge >= 0.3 is 6.09 Å². The lowest BCUT2D eigenvalue weighted by atomic mass is 9.93. The molecule has 8 heterocycles. The fourth-order valence-electron chi connectivity index (χ4n) is 8.05. The van der Waals surface area contributed by atoms with Crippen molar-refractivity contribution in [3.05, 3.63) is 120 Å². The van der Waals surface area contributed by atoms with Gasteiger partial charge in [0.1, 0.15) is 28.3 Å². The van der Waals surface area contributed by atoms with Gasteiger partial charge in [0.05, 0.1) is 12.4 Å². The second kappa shape index (κ2) is 17.5. The van der Waals surface area contributed by atoms with Gasteiger partial charge < -0.3 is 35.6 Å². The molecule has 0 radical (unpaired) electrons. The summed E-state index contributed by atoms with van der Waals surface area (Å²) in [6, 6.07) is 25.1. The van der Waals surface area contributed by atoms with E-state index in [9.17, 15) is 4.79 Å². The Morgan fingerprint density at radius 1 is 0.672 bits per heavy atom. The molecule has 0 aliphatic carbocycles. The minimum Gasteiger partial charge on any atom is -0.444 e. The summed E-state index contributed by atoms with van der Waals surface area (Å²) >= 11 is 0. The molecule has 8 aromatic rings. The Hall–Kier alpha value is -6.67. The molecule has 0 atom stereocenters. The van der Waals surface area contributed by atoms with Gasteiger partial charge in [0, 0.05) is 72.8 Å². The van der Waals surface area contributed by atoms with Crippen LogP contribution in [0.2, 0.25) is 0 Å². The zero-order chi connectivity index (χ0) is 41.8. The summed E-state index contributed by atoms with van der Waals surface area (Å²) in [7, 11) is 0. The van der Waals surface area contributed by atoms with Gasteiger partial charge in [-0.2, -0.15) is 0 Å². The number of rotatable bonds is 8. The lowest BCUT2D eigenvalue weighted by molar-refractivity contribution is 0.0204. The maximum absolute atomic E-state index is 12.3. The van der Waals surface area contributed by atoms with E-state index in [1.54, 1.807) is 17.3 Å². The minimum atomic E-state index is -0.479. The number of hydrogen-bond donors (Lipinski definition) is 5. The summed E-state index contributed by atoms with van der Waals surface area (Å²) in [6.07, 6.45) is 11.2. The highest BCUT2D eigenvalue weighted by Crippen LogP contribution is 2.29. The van der Waals surface area contributed by atoms with Crippen molar-refractivity contribution in [3.63, 3.8) is 0 Å². The van der Waals surface area contributed by atoms with Gasteiger partial charge in [0.2, 0.25) is 0 Å². The van der Waals surface area contributed by atoms with Crippen molar-refractivity contribution in [1.29, 1.82) is 0 Å². The van der Waals surface area contributed by atoms with Crippen molar-refractivity contribution in [2.45, 2.75) is 77.0 Å². The maximum atomic E-state index is 12.3. The number of pyridine rings is 2. The van der Waals surface area contributed by atoms with Crippen LogP contribution >= 0.6 is 0 Å². The Morgan fingerprint density at radius 2 is 1.18 bits per heavy atom. The number of fused-ring (bicyclic) bond motifs is 4. The number of amides is 1. The first kappa shape index (κ1) is 39.8. The average molecular weight is 817 g/mol. The van der Waals surface area contributed by atoms with Crippen LogP contribution < -0.4 is 16.0 Å². The van der Waals surface area contributed by atoms with E-state index in [1.165, 1.54) is 16.3 Å². The minimum absolute atomic E-state index is 0.241. The average Bonchev–Trinajstić information content (AvgIpc) is 3.97. The lowest BCUT2D eigenvalue weighted by Gasteiger charge is -2.33. The number of carbonyl (C=O) groups is 1. The molecule has 6 aromatic heterocycles. The second-order valence-electron chi connectivity index (χ2n) is 16.9. The number of aromatic nitrogens is 8. The van der Waals surface area contributed by atoms with Crippen molar-refractivity contribution in [3.8, 4) is 0 Å². The molecule has 0 spiro atoms. The van der Waals surface area contributed by atoms with Crippen LogP contribution in [0.1, 0.15) is 80.8 Å². The number of H-pyrrole nitrogens is 2. The smallest absolute Gasteiger partial charge is 0.410 e. The zero-order valence-corrected chi connectivity index (χ0v) is 34.9. The Morgan fingerprint density at radius 3 is 1.69 bits per heavy atom. The van der Waals surface area contributed by atoms with E-state index >= 15 is 0 Å². The number of hydrogen-bond acceptors (Lipinski definition) is 11. The zero-order valence-electron chi connectivity index (χ0n) is 34.9. The summed E-state index contributed by atoms with van der Waals surface area (Å²) < 4.78 is 5.51. The lowest BCUT2D eigenvalue weighted by Crippen LogP contribution is -2.41. The molecular weight excluding hydrogens is 765 g/mol. The number of ether oxygens (including phenoxy) is 1. The molecule has 14 heteroatoms. The van der Waals surface area contributed by atoms with Gasteiger partial charge in [0.25, 0.3) is 0 Å². The van der Waals surface area contributed by atoms with Gasteiger partial charge in [0.15, 0.2) is 11.3 Å². The SMILES string of the molecule is CC(C)(C)OC(=O)N1CCC(c2ccc3ncc(NCc4ccc5cc[nH]c5c4)nc3n2)CC1.c1cc2ccc(CNc3cnc4ccc(C5CCNCC5)nc4n3)cc2[nH]1. The van der Waals surface area contributed by atoms with Gasteiger partial charge in [-0.1, -0.05) is 24.3 Å². The molecule has 312 valence electrons. The second-order valence-corrected chi connectivity index (χ2v) is 16.9. The quantitative estimate of drug-likeness (QED) is 0.0992. The molecule has 2 aliphatic rings. The third-order valence-corrected chi connectivity index (χ3v) is 11.4.